The summed E-state index contributed by atoms with van der Waals surface area (Å²) in [6.45, 7) is 1.39. The Morgan fingerprint density at radius 2 is 1.45 bits per heavy atom. The van der Waals surface area contributed by atoms with Crippen LogP contribution in [0, 0.1) is 0 Å². The fraction of sp³-hybridized carbons (Fsp3) is 1.00. The molecule has 0 spiro atoms. The van der Waals surface area contributed by atoms with Crippen LogP contribution in [0.4, 0.5) is 0 Å². The van der Waals surface area contributed by atoms with Crippen molar-refractivity contribution in [2.75, 3.05) is 10.7 Å². The topological polar surface area (TPSA) is 60.7 Å². The molecule has 0 aromatic carbocycles. The first-order chi connectivity index (χ1) is 4.96. The minimum absolute atomic E-state index is 0.240. The Hall–Kier alpha value is 0.840. The molecule has 3 atom stereocenters. The van der Waals surface area contributed by atoms with Crippen molar-refractivity contribution in [1.82, 2.24) is 0 Å². The van der Waals surface area contributed by atoms with Crippen LogP contribution in [0.5, 0.6) is 0 Å². The molecule has 0 fully saturated rings. The average molecular weight is 292 g/mol. The predicted octanol–water partition coefficient (Wildman–Crippen LogP) is 0.249. The molecule has 0 saturated carbocycles. The summed E-state index contributed by atoms with van der Waals surface area (Å²) in [5, 5.41) is 28.4. The van der Waals surface area contributed by atoms with E-state index in [2.05, 4.69) is 31.9 Å². The lowest BCUT2D eigenvalue weighted by atomic mass is 9.95. The molecule has 0 aliphatic carbocycles. The maximum Gasteiger partial charge on any atom is 0.115 e. The van der Waals surface area contributed by atoms with Gasteiger partial charge in [0.1, 0.15) is 5.60 Å². The van der Waals surface area contributed by atoms with Crippen LogP contribution in [0.15, 0.2) is 0 Å². The summed E-state index contributed by atoms with van der Waals surface area (Å²) in [6.07, 6.45) is -1.93. The van der Waals surface area contributed by atoms with Gasteiger partial charge in [-0.1, -0.05) is 31.9 Å². The molecule has 0 aliphatic rings. The van der Waals surface area contributed by atoms with Crippen molar-refractivity contribution in [3.63, 3.8) is 0 Å². The van der Waals surface area contributed by atoms with Crippen molar-refractivity contribution in [1.29, 1.82) is 0 Å². The van der Waals surface area contributed by atoms with Gasteiger partial charge in [0.15, 0.2) is 0 Å². The minimum Gasteiger partial charge on any atom is -0.389 e. The number of aliphatic hydroxyl groups is 3. The standard InChI is InChI=1S/C6H12Br2O3/c1-6(11,4(9)2-7)5(10)3-8/h4-5,9-11H,2-3H2,1H3/t4-,5+,6?. The maximum absolute atomic E-state index is 9.49. The third-order valence-electron chi connectivity index (χ3n) is 1.64. The zero-order chi connectivity index (χ0) is 9.07. The SMILES string of the molecule is CC(O)([C@H](O)CBr)[C@@H](O)CBr. The van der Waals surface area contributed by atoms with E-state index in [1.807, 2.05) is 0 Å². The smallest absolute Gasteiger partial charge is 0.115 e. The van der Waals surface area contributed by atoms with Crippen LogP contribution in [0.1, 0.15) is 6.92 Å². The van der Waals surface area contributed by atoms with Crippen molar-refractivity contribution in [3.8, 4) is 0 Å². The largest absolute Gasteiger partial charge is 0.389 e. The van der Waals surface area contributed by atoms with Crippen LogP contribution < -0.4 is 0 Å². The highest BCUT2D eigenvalue weighted by Crippen LogP contribution is 2.18. The Morgan fingerprint density at radius 1 is 1.18 bits per heavy atom. The molecule has 0 aromatic rings. The highest BCUT2D eigenvalue weighted by atomic mass is 79.9. The molecular formula is C6H12Br2O3. The van der Waals surface area contributed by atoms with Crippen molar-refractivity contribution in [3.05, 3.63) is 0 Å². The second-order valence-electron chi connectivity index (χ2n) is 2.57. The molecule has 3 N–H and O–H groups in total. The monoisotopic (exact) mass is 290 g/mol. The molecule has 11 heavy (non-hydrogen) atoms. The summed E-state index contributed by atoms with van der Waals surface area (Å²) in [5.41, 5.74) is -1.47. The molecule has 0 saturated heterocycles. The summed E-state index contributed by atoms with van der Waals surface area (Å²) in [6, 6.07) is 0. The summed E-state index contributed by atoms with van der Waals surface area (Å²) in [5.74, 6) is 0. The number of halogens is 2. The number of alkyl halides is 2. The van der Waals surface area contributed by atoms with Gasteiger partial charge >= 0.3 is 0 Å². The molecule has 0 bridgehead atoms. The van der Waals surface area contributed by atoms with Gasteiger partial charge in [-0.05, 0) is 6.92 Å². The van der Waals surface area contributed by atoms with E-state index >= 15 is 0 Å². The van der Waals surface area contributed by atoms with Crippen LogP contribution in [0.25, 0.3) is 0 Å². The van der Waals surface area contributed by atoms with E-state index in [1.165, 1.54) is 6.92 Å². The van der Waals surface area contributed by atoms with Gasteiger partial charge in [-0.3, -0.25) is 0 Å². The first-order valence-electron chi connectivity index (χ1n) is 3.17. The molecule has 0 radical (unpaired) electrons. The molecule has 0 aromatic heterocycles. The van der Waals surface area contributed by atoms with E-state index in [9.17, 15) is 15.3 Å². The van der Waals surface area contributed by atoms with Gasteiger partial charge in [-0.2, -0.15) is 0 Å². The molecule has 0 aliphatic heterocycles. The number of hydrogen-bond donors (Lipinski definition) is 3. The van der Waals surface area contributed by atoms with Crippen molar-refractivity contribution in [2.45, 2.75) is 24.7 Å². The second-order valence-corrected chi connectivity index (χ2v) is 3.86. The molecule has 3 nitrogen and oxygen atoms in total. The minimum atomic E-state index is -1.47. The molecular weight excluding hydrogens is 280 g/mol. The Morgan fingerprint density at radius 3 is 1.64 bits per heavy atom. The summed E-state index contributed by atoms with van der Waals surface area (Å²) in [7, 11) is 0. The summed E-state index contributed by atoms with van der Waals surface area (Å²) >= 11 is 6.02. The van der Waals surface area contributed by atoms with Crippen molar-refractivity contribution >= 4 is 31.9 Å². The zero-order valence-corrected chi connectivity index (χ0v) is 9.34. The van der Waals surface area contributed by atoms with Crippen molar-refractivity contribution < 1.29 is 15.3 Å². The van der Waals surface area contributed by atoms with Crippen LogP contribution in [0.3, 0.4) is 0 Å². The van der Waals surface area contributed by atoms with Gasteiger partial charge < -0.3 is 15.3 Å². The summed E-state index contributed by atoms with van der Waals surface area (Å²) < 4.78 is 0. The maximum atomic E-state index is 9.49. The lowest BCUT2D eigenvalue weighted by molar-refractivity contribution is -0.117. The zero-order valence-electron chi connectivity index (χ0n) is 6.17. The second kappa shape index (κ2) is 4.77. The number of hydrogen-bond acceptors (Lipinski definition) is 3. The molecule has 1 unspecified atom stereocenters. The van der Waals surface area contributed by atoms with Gasteiger partial charge in [0.05, 0.1) is 12.2 Å². The van der Waals surface area contributed by atoms with E-state index < -0.39 is 17.8 Å². The predicted molar refractivity (Wildman–Crippen MR) is 50.2 cm³/mol. The van der Waals surface area contributed by atoms with Gasteiger partial charge in [-0.15, -0.1) is 0 Å². The Balaban J connectivity index is 4.18. The van der Waals surface area contributed by atoms with Crippen molar-refractivity contribution in [2.24, 2.45) is 0 Å². The van der Waals surface area contributed by atoms with Gasteiger partial charge in [0.2, 0.25) is 0 Å². The van der Waals surface area contributed by atoms with E-state index in [1.54, 1.807) is 0 Å². The number of aliphatic hydroxyl groups excluding tert-OH is 2. The highest BCUT2D eigenvalue weighted by Gasteiger charge is 2.36. The van der Waals surface area contributed by atoms with Gasteiger partial charge in [-0.25, -0.2) is 0 Å². The van der Waals surface area contributed by atoms with E-state index in [4.69, 9.17) is 0 Å². The molecule has 0 rings (SSSR count). The van der Waals surface area contributed by atoms with E-state index in [0.29, 0.717) is 0 Å². The third-order valence-corrected chi connectivity index (χ3v) is 2.87. The normalized spacial score (nSPS) is 22.4. The fourth-order valence-electron chi connectivity index (χ4n) is 0.534. The van der Waals surface area contributed by atoms with Crippen LogP contribution >= 0.6 is 31.9 Å². The molecule has 5 heteroatoms. The Labute approximate surface area is 82.7 Å². The fourth-order valence-corrected chi connectivity index (χ4v) is 1.85. The van der Waals surface area contributed by atoms with E-state index in [-0.39, 0.29) is 10.7 Å². The highest BCUT2D eigenvalue weighted by molar-refractivity contribution is 9.09. The summed E-state index contributed by atoms with van der Waals surface area (Å²) in [4.78, 5) is 0. The third kappa shape index (κ3) is 2.99. The average Bonchev–Trinajstić information content (AvgIpc) is 2.01. The van der Waals surface area contributed by atoms with Crippen LogP contribution in [-0.2, 0) is 0 Å². The van der Waals surface area contributed by atoms with Gasteiger partial charge in [0.25, 0.3) is 0 Å². The molecule has 0 heterocycles. The van der Waals surface area contributed by atoms with Gasteiger partial charge in [0, 0.05) is 10.7 Å². The molecule has 0 amide bonds. The Kier molecular flexibility index (Phi) is 5.13. The lowest BCUT2D eigenvalue weighted by Gasteiger charge is -2.31. The van der Waals surface area contributed by atoms with Crippen LogP contribution in [-0.4, -0.2) is 43.8 Å². The van der Waals surface area contributed by atoms with E-state index in [0.717, 1.165) is 0 Å². The number of rotatable bonds is 4. The molecule has 68 valence electrons. The Bertz CT molecular complexity index is 106. The first-order valence-corrected chi connectivity index (χ1v) is 5.41. The first kappa shape index (κ1) is 11.8. The lowest BCUT2D eigenvalue weighted by Crippen LogP contribution is -2.51. The van der Waals surface area contributed by atoms with Crippen LogP contribution in [0.2, 0.25) is 0 Å². The quantitative estimate of drug-likeness (QED) is 0.651.